The van der Waals surface area contributed by atoms with Gasteiger partial charge in [-0.3, -0.25) is 9.59 Å². The monoisotopic (exact) mass is 269 g/mol. The number of allylic oxidation sites excluding steroid dienone is 2. The largest absolute Gasteiger partial charge is 0.358 e. The minimum Gasteiger partial charge on any atom is -0.358 e. The predicted molar refractivity (Wildman–Crippen MR) is 76.3 cm³/mol. The number of amides is 1. The van der Waals surface area contributed by atoms with E-state index in [2.05, 4.69) is 15.8 Å². The number of nitrogens with zero attached hydrogens (tertiary/aromatic N) is 1. The molecule has 5 nitrogen and oxygen atoms in total. The van der Waals surface area contributed by atoms with E-state index in [9.17, 15) is 9.59 Å². The number of anilines is 1. The Labute approximate surface area is 116 Å². The van der Waals surface area contributed by atoms with E-state index in [4.69, 9.17) is 0 Å². The summed E-state index contributed by atoms with van der Waals surface area (Å²) in [6.07, 6.45) is 4.05. The van der Waals surface area contributed by atoms with Crippen molar-refractivity contribution in [3.8, 4) is 0 Å². The third-order valence-corrected chi connectivity index (χ3v) is 3.41. The number of carbonyl (C=O) groups is 2. The van der Waals surface area contributed by atoms with E-state index in [-0.39, 0.29) is 11.7 Å². The van der Waals surface area contributed by atoms with Crippen LogP contribution >= 0.6 is 0 Å². The van der Waals surface area contributed by atoms with Gasteiger partial charge in [-0.2, -0.15) is 5.10 Å². The Hall–Kier alpha value is -2.43. The van der Waals surface area contributed by atoms with Gasteiger partial charge < -0.3 is 5.32 Å². The number of carbonyl (C=O) groups excluding carboxylic acids is 2. The summed E-state index contributed by atoms with van der Waals surface area (Å²) in [7, 11) is 0. The van der Waals surface area contributed by atoms with Crippen molar-refractivity contribution in [2.24, 2.45) is 5.10 Å². The number of benzene rings is 1. The zero-order valence-electron chi connectivity index (χ0n) is 11.0. The van der Waals surface area contributed by atoms with Crippen molar-refractivity contribution < 1.29 is 9.59 Å². The molecule has 2 N–H and O–H groups in total. The Balaban J connectivity index is 1.87. The van der Waals surface area contributed by atoms with Crippen LogP contribution in [0.5, 0.6) is 0 Å². The summed E-state index contributed by atoms with van der Waals surface area (Å²) >= 11 is 0. The summed E-state index contributed by atoms with van der Waals surface area (Å²) in [5, 5.41) is 7.42. The molecule has 0 bridgehead atoms. The first-order chi connectivity index (χ1) is 9.72. The van der Waals surface area contributed by atoms with Crippen LogP contribution in [0.1, 0.15) is 31.2 Å². The fraction of sp³-hybridized carbons (Fsp3) is 0.267. The number of hydrazone groups is 1. The molecule has 1 aliphatic heterocycles. The van der Waals surface area contributed by atoms with E-state index < -0.39 is 0 Å². The second kappa shape index (κ2) is 5.28. The third kappa shape index (κ3) is 2.61. The van der Waals surface area contributed by atoms with Crippen LogP contribution in [0.4, 0.5) is 5.69 Å². The van der Waals surface area contributed by atoms with E-state index in [1.54, 1.807) is 6.08 Å². The Morgan fingerprint density at radius 2 is 1.90 bits per heavy atom. The second-order valence-electron chi connectivity index (χ2n) is 4.90. The van der Waals surface area contributed by atoms with E-state index in [1.165, 1.54) is 0 Å². The first-order valence-electron chi connectivity index (χ1n) is 6.67. The summed E-state index contributed by atoms with van der Waals surface area (Å²) in [5.74, 6) is 0.107. The Bertz CT molecular complexity index is 632. The van der Waals surface area contributed by atoms with E-state index in [1.807, 2.05) is 24.3 Å². The molecule has 20 heavy (non-hydrogen) atoms. The quantitative estimate of drug-likeness (QED) is 0.881. The fourth-order valence-electron chi connectivity index (χ4n) is 2.38. The highest BCUT2D eigenvalue weighted by molar-refractivity contribution is 6.08. The summed E-state index contributed by atoms with van der Waals surface area (Å²) < 4.78 is 0. The second-order valence-corrected chi connectivity index (χ2v) is 4.90. The van der Waals surface area contributed by atoms with Crippen LogP contribution in [0, 0.1) is 0 Å². The zero-order chi connectivity index (χ0) is 13.9. The topological polar surface area (TPSA) is 70.6 Å². The van der Waals surface area contributed by atoms with Gasteiger partial charge in [0.1, 0.15) is 0 Å². The fourth-order valence-corrected chi connectivity index (χ4v) is 2.38. The summed E-state index contributed by atoms with van der Waals surface area (Å²) in [6, 6.07) is 7.80. The molecule has 2 aliphatic rings. The highest BCUT2D eigenvalue weighted by Crippen LogP contribution is 2.24. The summed E-state index contributed by atoms with van der Waals surface area (Å²) in [4.78, 5) is 22.4. The molecule has 0 atom stereocenters. The van der Waals surface area contributed by atoms with Gasteiger partial charge >= 0.3 is 0 Å². The lowest BCUT2D eigenvalue weighted by atomic mass is 10.0. The third-order valence-electron chi connectivity index (χ3n) is 3.41. The lowest BCUT2D eigenvalue weighted by molar-refractivity contribution is -0.121. The SMILES string of the molecule is O=C1C=C(Nc2ccccc2C2=NNC(=O)CC2)CC1. The maximum atomic E-state index is 11.3. The normalized spacial score (nSPS) is 18.4. The molecule has 1 heterocycles. The maximum Gasteiger partial charge on any atom is 0.240 e. The molecule has 0 saturated carbocycles. The molecule has 5 heteroatoms. The molecule has 0 aromatic heterocycles. The minimum atomic E-state index is -0.0525. The molecule has 0 spiro atoms. The average Bonchev–Trinajstić information content (AvgIpc) is 2.86. The molecule has 0 unspecified atom stereocenters. The highest BCUT2D eigenvalue weighted by Gasteiger charge is 2.17. The number of ketones is 1. The molecular weight excluding hydrogens is 254 g/mol. The van der Waals surface area contributed by atoms with Crippen molar-refractivity contribution in [2.75, 3.05) is 5.32 Å². The van der Waals surface area contributed by atoms with Crippen molar-refractivity contribution >= 4 is 23.1 Å². The van der Waals surface area contributed by atoms with Crippen LogP contribution in [0.3, 0.4) is 0 Å². The van der Waals surface area contributed by atoms with Gasteiger partial charge in [0.05, 0.1) is 5.71 Å². The van der Waals surface area contributed by atoms with Gasteiger partial charge in [-0.25, -0.2) is 5.43 Å². The lowest BCUT2D eigenvalue weighted by Gasteiger charge is -2.16. The standard InChI is InChI=1S/C15H15N3O2/c19-11-6-5-10(9-11)16-13-4-2-1-3-12(13)14-7-8-15(20)18-17-14/h1-4,9,16H,5-8H2,(H,18,20). The molecule has 102 valence electrons. The van der Waals surface area contributed by atoms with Gasteiger partial charge in [-0.1, -0.05) is 18.2 Å². The predicted octanol–water partition coefficient (Wildman–Crippen LogP) is 1.96. The van der Waals surface area contributed by atoms with Gasteiger partial charge in [0.25, 0.3) is 0 Å². The van der Waals surface area contributed by atoms with Gasteiger partial charge in [-0.15, -0.1) is 0 Å². The molecule has 1 aromatic rings. The van der Waals surface area contributed by atoms with Crippen LogP contribution in [0.25, 0.3) is 0 Å². The molecule has 0 saturated heterocycles. The van der Waals surface area contributed by atoms with Crippen LogP contribution in [-0.2, 0) is 9.59 Å². The molecule has 3 rings (SSSR count). The molecule has 1 aliphatic carbocycles. The van der Waals surface area contributed by atoms with Crippen LogP contribution in [-0.4, -0.2) is 17.4 Å². The Kier molecular flexibility index (Phi) is 3.33. The number of nitrogens with one attached hydrogen (secondary N) is 2. The van der Waals surface area contributed by atoms with Crippen molar-refractivity contribution in [2.45, 2.75) is 25.7 Å². The molecule has 0 radical (unpaired) electrons. The van der Waals surface area contributed by atoms with E-state index >= 15 is 0 Å². The average molecular weight is 269 g/mol. The van der Waals surface area contributed by atoms with E-state index in [0.717, 1.165) is 29.1 Å². The first-order valence-corrected chi connectivity index (χ1v) is 6.67. The smallest absolute Gasteiger partial charge is 0.240 e. The molecule has 0 fully saturated rings. The van der Waals surface area contributed by atoms with Crippen molar-refractivity contribution in [3.05, 3.63) is 41.6 Å². The van der Waals surface area contributed by atoms with Gasteiger partial charge in [0.15, 0.2) is 5.78 Å². The molecule has 1 aromatic carbocycles. The van der Waals surface area contributed by atoms with Crippen LogP contribution < -0.4 is 10.7 Å². The molecule has 1 amide bonds. The Morgan fingerprint density at radius 3 is 2.60 bits per heavy atom. The lowest BCUT2D eigenvalue weighted by Crippen LogP contribution is -2.26. The van der Waals surface area contributed by atoms with Crippen molar-refractivity contribution in [3.63, 3.8) is 0 Å². The van der Waals surface area contributed by atoms with Gasteiger partial charge in [0, 0.05) is 42.3 Å². The van der Waals surface area contributed by atoms with Crippen molar-refractivity contribution in [1.29, 1.82) is 0 Å². The minimum absolute atomic E-state index is 0.0525. The first kappa shape index (κ1) is 12.6. The highest BCUT2D eigenvalue weighted by atomic mass is 16.2. The Morgan fingerprint density at radius 1 is 1.05 bits per heavy atom. The maximum absolute atomic E-state index is 11.3. The van der Waals surface area contributed by atoms with Crippen LogP contribution in [0.15, 0.2) is 41.1 Å². The molecular formula is C15H15N3O2. The number of hydrogen-bond acceptors (Lipinski definition) is 4. The van der Waals surface area contributed by atoms with E-state index in [0.29, 0.717) is 19.3 Å². The summed E-state index contributed by atoms with van der Waals surface area (Å²) in [6.45, 7) is 0. The number of para-hydroxylation sites is 1. The summed E-state index contributed by atoms with van der Waals surface area (Å²) in [5.41, 5.74) is 6.19. The van der Waals surface area contributed by atoms with Crippen LogP contribution in [0.2, 0.25) is 0 Å². The van der Waals surface area contributed by atoms with Gasteiger partial charge in [-0.05, 0) is 12.5 Å². The number of hydrogen-bond donors (Lipinski definition) is 2. The van der Waals surface area contributed by atoms with Gasteiger partial charge in [0.2, 0.25) is 5.91 Å². The van der Waals surface area contributed by atoms with Crippen molar-refractivity contribution in [1.82, 2.24) is 5.43 Å². The zero-order valence-corrected chi connectivity index (χ0v) is 11.0. The number of rotatable bonds is 3.